The summed E-state index contributed by atoms with van der Waals surface area (Å²) in [6.07, 6.45) is 0.623. The maximum atomic E-state index is 9.73. The van der Waals surface area contributed by atoms with Crippen molar-refractivity contribution in [2.24, 2.45) is 11.5 Å². The summed E-state index contributed by atoms with van der Waals surface area (Å²) in [6.45, 7) is -0.260. The van der Waals surface area contributed by atoms with Gasteiger partial charge >= 0.3 is 5.97 Å². The molecule has 0 aromatic heterocycles. The fraction of sp³-hybridized carbons (Fsp3) is 0.727. The van der Waals surface area contributed by atoms with Crippen molar-refractivity contribution in [1.82, 2.24) is 0 Å². The molecule has 0 radical (unpaired) electrons. The summed E-state index contributed by atoms with van der Waals surface area (Å²) in [4.78, 5) is 28.8. The molecule has 0 spiro atoms. The molecule has 18 heavy (non-hydrogen) atoms. The molecule has 0 amide bonds. The first-order valence-corrected chi connectivity index (χ1v) is 3.72. The van der Waals surface area contributed by atoms with Crippen LogP contribution in [0.3, 0.4) is 0 Å². The summed E-state index contributed by atoms with van der Waals surface area (Å²) in [5, 5.41) is 16.0. The molecule has 0 heterocycles. The van der Waals surface area contributed by atoms with E-state index in [2.05, 4.69) is 0 Å². The van der Waals surface area contributed by atoms with E-state index in [-0.39, 0.29) is 42.7 Å². The number of carboxylic acid groups (broad SMARTS) is 1. The van der Waals surface area contributed by atoms with Crippen LogP contribution >= 0.6 is 0 Å². The number of nitrogens with two attached hydrogens (primary N) is 2. The van der Waals surface area contributed by atoms with E-state index in [1.807, 2.05) is 0 Å². The minimum atomic E-state index is -1.05. The molecule has 0 bridgehead atoms. The number of aliphatic carboxylic acids is 1. The molecule has 0 rings (SSSR count). The SMILES string of the molecule is C.C.C.N[C@@H](C=O)CC(=O)O.N[C@@H](C=O)CO.[3H]C[3H]. The number of rotatable bonds is 5. The molecule has 0 aliphatic carbocycles. The molecule has 7 nitrogen and oxygen atoms in total. The first-order valence-electron chi connectivity index (χ1n) is 5.13. The highest BCUT2D eigenvalue weighted by atomic mass is 16.4. The predicted octanol–water partition coefficient (Wildman–Crippen LogP) is 0.0366. The van der Waals surface area contributed by atoms with Crippen molar-refractivity contribution < 1.29 is 27.3 Å². The van der Waals surface area contributed by atoms with Crippen LogP contribution in [0.5, 0.6) is 0 Å². The van der Waals surface area contributed by atoms with Gasteiger partial charge in [0, 0.05) is 2.74 Å². The Morgan fingerprint density at radius 3 is 1.56 bits per heavy atom. The molecule has 0 aromatic rings. The molecule has 2 atom stereocenters. The van der Waals surface area contributed by atoms with Crippen molar-refractivity contribution in [3.8, 4) is 0 Å². The van der Waals surface area contributed by atoms with Crippen molar-refractivity contribution in [3.05, 3.63) is 0 Å². The third kappa shape index (κ3) is 36.5. The maximum absolute atomic E-state index is 9.73. The van der Waals surface area contributed by atoms with Crippen LogP contribution < -0.4 is 11.5 Å². The molecule has 0 aromatic carbocycles. The highest BCUT2D eigenvalue weighted by Gasteiger charge is 2.04. The molecule has 0 fully saturated rings. The van der Waals surface area contributed by atoms with Gasteiger partial charge in [-0.3, -0.25) is 4.79 Å². The van der Waals surface area contributed by atoms with E-state index in [4.69, 9.17) is 24.4 Å². The van der Waals surface area contributed by atoms with Crippen LogP contribution in [0.1, 0.15) is 38.8 Å². The molecule has 7 heteroatoms. The van der Waals surface area contributed by atoms with E-state index in [1.54, 1.807) is 0 Å². The zero-order valence-electron chi connectivity index (χ0n) is 10.2. The van der Waals surface area contributed by atoms with Gasteiger partial charge in [-0.05, 0) is 0 Å². The number of hydrogen-bond donors (Lipinski definition) is 4. The van der Waals surface area contributed by atoms with Crippen molar-refractivity contribution in [2.75, 3.05) is 6.61 Å². The van der Waals surface area contributed by atoms with Crippen molar-refractivity contribution >= 4 is 18.5 Å². The second kappa shape index (κ2) is 24.8. The van der Waals surface area contributed by atoms with Gasteiger partial charge in [0.1, 0.15) is 12.6 Å². The van der Waals surface area contributed by atoms with Gasteiger partial charge < -0.3 is 31.3 Å². The molecule has 0 unspecified atom stereocenters. The fourth-order valence-electron chi connectivity index (χ4n) is 0.293. The Labute approximate surface area is 113 Å². The van der Waals surface area contributed by atoms with Gasteiger partial charge in [-0.15, -0.1) is 0 Å². The summed E-state index contributed by atoms with van der Waals surface area (Å²) in [6, 6.07) is -1.54. The van der Waals surface area contributed by atoms with Crippen molar-refractivity contribution in [2.45, 2.75) is 48.2 Å². The van der Waals surface area contributed by atoms with Crippen LogP contribution in [0.25, 0.3) is 0 Å². The Morgan fingerprint density at radius 2 is 1.50 bits per heavy atom. The van der Waals surface area contributed by atoms with Gasteiger partial charge in [0.25, 0.3) is 0 Å². The zero-order valence-corrected chi connectivity index (χ0v) is 8.20. The Morgan fingerprint density at radius 1 is 1.17 bits per heavy atom. The van der Waals surface area contributed by atoms with E-state index < -0.39 is 18.1 Å². The van der Waals surface area contributed by atoms with E-state index in [1.165, 1.54) is 0 Å². The molecule has 6 N–H and O–H groups in total. The average molecular weight is 274 g/mol. The average Bonchev–Trinajstić information content (AvgIpc) is 2.29. The molecule has 0 aliphatic rings. The number of carbonyl (C=O) groups excluding carboxylic acids is 2. The van der Waals surface area contributed by atoms with Gasteiger partial charge in [0.05, 0.1) is 25.1 Å². The van der Waals surface area contributed by atoms with Crippen LogP contribution in [0.4, 0.5) is 0 Å². The molecule has 114 valence electrons. The molecular weight excluding hydrogens is 240 g/mol. The monoisotopic (exact) mass is 274 g/mol. The van der Waals surface area contributed by atoms with E-state index >= 15 is 0 Å². The summed E-state index contributed by atoms with van der Waals surface area (Å²) >= 11 is 0. The van der Waals surface area contributed by atoms with Crippen LogP contribution in [0.15, 0.2) is 0 Å². The third-order valence-electron chi connectivity index (χ3n) is 0.971. The number of aldehydes is 2. The van der Waals surface area contributed by atoms with Crippen molar-refractivity contribution in [1.29, 1.82) is 0 Å². The summed E-state index contributed by atoms with van der Waals surface area (Å²) in [7, 11) is -0.250. The number of aliphatic hydroxyl groups is 1. The number of carboxylic acids is 1. The largest absolute Gasteiger partial charge is 0.481 e. The van der Waals surface area contributed by atoms with Gasteiger partial charge in [0.2, 0.25) is 0 Å². The highest BCUT2D eigenvalue weighted by Crippen LogP contribution is 1.80. The standard InChI is InChI=1S/C4H7NO3.C3H7NO2.4CH4/c5-3(2-6)1-4(7)8;4-3(1-5)2-6;;;;/h2-3H,1,5H2,(H,7,8);1,3,6H,2,4H2;4*1H4/t2*3-;;;;/m10..../s1/i;;1T2;;;. The minimum Gasteiger partial charge on any atom is -0.481 e. The Kier molecular flexibility index (Phi) is 35.1. The normalized spacial score (nSPS) is 11.3. The van der Waals surface area contributed by atoms with Gasteiger partial charge in [-0.1, -0.05) is 29.7 Å². The lowest BCUT2D eigenvalue weighted by atomic mass is 10.2. The fourth-order valence-corrected chi connectivity index (χ4v) is 0.293. The smallest absolute Gasteiger partial charge is 0.305 e. The maximum Gasteiger partial charge on any atom is 0.305 e. The Balaban J connectivity index is -0.0000000370. The molecule has 0 aliphatic heterocycles. The van der Waals surface area contributed by atoms with Crippen LogP contribution in [0, 0.1) is 0 Å². The number of hydrogen-bond acceptors (Lipinski definition) is 6. The molecule has 0 saturated carbocycles. The topological polar surface area (TPSA) is 144 Å². The van der Waals surface area contributed by atoms with E-state index in [9.17, 15) is 14.4 Å². The number of aliphatic hydroxyl groups excluding tert-OH is 1. The summed E-state index contributed by atoms with van der Waals surface area (Å²) in [5.41, 5.74) is 9.78. The molecule has 0 saturated heterocycles. The Hall–Kier alpha value is -1.31. The van der Waals surface area contributed by atoms with E-state index in [0.29, 0.717) is 12.6 Å². The second-order valence-electron chi connectivity index (χ2n) is 2.38. The minimum absolute atomic E-state index is 0. The third-order valence-corrected chi connectivity index (χ3v) is 0.971. The second-order valence-corrected chi connectivity index (χ2v) is 2.38. The van der Waals surface area contributed by atoms with Crippen LogP contribution in [-0.4, -0.2) is 47.4 Å². The lowest BCUT2D eigenvalue weighted by Gasteiger charge is -1.94. The first-order chi connectivity index (χ1) is 7.89. The zero-order chi connectivity index (χ0) is 14.3. The van der Waals surface area contributed by atoms with Crippen LogP contribution in [-0.2, 0) is 14.4 Å². The van der Waals surface area contributed by atoms with Crippen molar-refractivity contribution in [3.63, 3.8) is 0 Å². The Bertz CT molecular complexity index is 209. The first kappa shape index (κ1) is 25.5. The summed E-state index contributed by atoms with van der Waals surface area (Å²) in [5.74, 6) is -1.05. The van der Waals surface area contributed by atoms with Gasteiger partial charge in [-0.25, -0.2) is 0 Å². The quantitative estimate of drug-likeness (QED) is 0.518. The highest BCUT2D eigenvalue weighted by molar-refractivity contribution is 5.73. The predicted molar refractivity (Wildman–Crippen MR) is 74.3 cm³/mol. The molecular formula is C11H30N2O5. The summed E-state index contributed by atoms with van der Waals surface area (Å²) < 4.78 is 11.8. The van der Waals surface area contributed by atoms with Gasteiger partial charge in [-0.2, -0.15) is 0 Å². The lowest BCUT2D eigenvalue weighted by molar-refractivity contribution is -0.138. The van der Waals surface area contributed by atoms with Gasteiger partial charge in [0.15, 0.2) is 0 Å². The number of carbonyl (C=O) groups is 3. The van der Waals surface area contributed by atoms with Crippen LogP contribution in [0.2, 0.25) is 0 Å². The lowest BCUT2D eigenvalue weighted by Crippen LogP contribution is -2.25. The van der Waals surface area contributed by atoms with E-state index in [0.717, 1.165) is 0 Å².